The van der Waals surface area contributed by atoms with Gasteiger partial charge < -0.3 is 5.32 Å². The average Bonchev–Trinajstić information content (AvgIpc) is 3.46. The van der Waals surface area contributed by atoms with Crippen molar-refractivity contribution in [2.75, 3.05) is 17.6 Å². The van der Waals surface area contributed by atoms with Crippen molar-refractivity contribution in [1.82, 2.24) is 14.5 Å². The number of sulfonamides is 1. The zero-order chi connectivity index (χ0) is 29.5. The summed E-state index contributed by atoms with van der Waals surface area (Å²) >= 11 is 1.58. The number of hydrogen-bond donors (Lipinski definition) is 2. The number of hydrogen-bond acceptors (Lipinski definition) is 8. The standard InChI is InChI=1S/C30H25N5O5S2/c36-30(26-21-34(23-12-6-2-7-13-23)32-29(26)22-10-4-1-5-11-22)33-42(39,40)25-16-17-27(28(20-25)35(37)38)31-18-19-41-24-14-8-3-9-15-24/h1-17,20-21,31H,18-19H2,(H,33,36). The van der Waals surface area contributed by atoms with Crippen LogP contribution in [0.1, 0.15) is 10.4 Å². The predicted molar refractivity (Wildman–Crippen MR) is 162 cm³/mol. The number of thioether (sulfide) groups is 1. The summed E-state index contributed by atoms with van der Waals surface area (Å²) in [7, 11) is -4.47. The summed E-state index contributed by atoms with van der Waals surface area (Å²) in [4.78, 5) is 25.2. The van der Waals surface area contributed by atoms with Crippen LogP contribution in [0.25, 0.3) is 16.9 Å². The summed E-state index contributed by atoms with van der Waals surface area (Å²) in [6.07, 6.45) is 1.45. The Bertz CT molecular complexity index is 1810. The molecule has 0 saturated carbocycles. The highest BCUT2D eigenvalue weighted by Crippen LogP contribution is 2.29. The van der Waals surface area contributed by atoms with Gasteiger partial charge in [-0.2, -0.15) is 5.10 Å². The summed E-state index contributed by atoms with van der Waals surface area (Å²) in [5, 5.41) is 19.3. The Labute approximate surface area is 246 Å². The lowest BCUT2D eigenvalue weighted by Gasteiger charge is -2.10. The molecule has 0 spiro atoms. The maximum Gasteiger partial charge on any atom is 0.293 e. The fourth-order valence-electron chi connectivity index (χ4n) is 4.15. The van der Waals surface area contributed by atoms with Gasteiger partial charge in [-0.25, -0.2) is 17.8 Å². The number of carbonyl (C=O) groups excluding carboxylic acids is 1. The van der Waals surface area contributed by atoms with Gasteiger partial charge in [0.15, 0.2) is 0 Å². The number of rotatable bonds is 11. The van der Waals surface area contributed by atoms with E-state index in [9.17, 15) is 23.3 Å². The Morgan fingerprint density at radius 2 is 1.55 bits per heavy atom. The highest BCUT2D eigenvalue weighted by Gasteiger charge is 2.26. The van der Waals surface area contributed by atoms with Crippen LogP contribution in [-0.2, 0) is 10.0 Å². The summed E-state index contributed by atoms with van der Waals surface area (Å²) in [6.45, 7) is 0.414. The molecule has 12 heteroatoms. The minimum absolute atomic E-state index is 0.0253. The smallest absolute Gasteiger partial charge is 0.293 e. The Kier molecular flexibility index (Phi) is 8.65. The highest BCUT2D eigenvalue weighted by molar-refractivity contribution is 7.99. The van der Waals surface area contributed by atoms with Crippen molar-refractivity contribution in [2.45, 2.75) is 9.79 Å². The predicted octanol–water partition coefficient (Wildman–Crippen LogP) is 5.77. The Hall–Kier alpha value is -4.94. The minimum Gasteiger partial charge on any atom is -0.379 e. The van der Waals surface area contributed by atoms with Crippen LogP contribution in [0.4, 0.5) is 11.4 Å². The fourth-order valence-corrected chi connectivity index (χ4v) is 5.92. The fraction of sp³-hybridized carbons (Fsp3) is 0.0667. The Morgan fingerprint density at radius 3 is 2.21 bits per heavy atom. The van der Waals surface area contributed by atoms with Gasteiger partial charge >= 0.3 is 0 Å². The number of para-hydroxylation sites is 1. The van der Waals surface area contributed by atoms with E-state index in [0.717, 1.165) is 11.0 Å². The molecule has 2 N–H and O–H groups in total. The molecule has 5 rings (SSSR count). The molecule has 42 heavy (non-hydrogen) atoms. The molecule has 212 valence electrons. The molecule has 1 amide bonds. The molecule has 0 aliphatic rings. The third kappa shape index (κ3) is 6.67. The number of nitrogens with zero attached hydrogens (tertiary/aromatic N) is 3. The van der Waals surface area contributed by atoms with E-state index in [1.165, 1.54) is 23.0 Å². The molecule has 10 nitrogen and oxygen atoms in total. The van der Waals surface area contributed by atoms with Gasteiger partial charge in [0, 0.05) is 35.0 Å². The number of anilines is 1. The van der Waals surface area contributed by atoms with Gasteiger partial charge in [0.25, 0.3) is 21.6 Å². The lowest BCUT2D eigenvalue weighted by molar-refractivity contribution is -0.384. The SMILES string of the molecule is O=C(NS(=O)(=O)c1ccc(NCCSc2ccccc2)c([N+](=O)[O-])c1)c1cn(-c2ccccc2)nc1-c1ccccc1. The molecular weight excluding hydrogens is 574 g/mol. The van der Waals surface area contributed by atoms with Gasteiger partial charge in [0.05, 0.1) is 21.1 Å². The van der Waals surface area contributed by atoms with Crippen molar-refractivity contribution < 1.29 is 18.1 Å². The number of nitro groups is 1. The van der Waals surface area contributed by atoms with Crippen LogP contribution in [0.2, 0.25) is 0 Å². The van der Waals surface area contributed by atoms with Crippen LogP contribution in [0.15, 0.2) is 125 Å². The van der Waals surface area contributed by atoms with Gasteiger partial charge in [0.1, 0.15) is 11.4 Å². The van der Waals surface area contributed by atoms with Crippen LogP contribution in [-0.4, -0.2) is 41.3 Å². The van der Waals surface area contributed by atoms with E-state index in [-0.39, 0.29) is 16.9 Å². The number of amides is 1. The van der Waals surface area contributed by atoms with E-state index in [2.05, 4.69) is 15.1 Å². The van der Waals surface area contributed by atoms with E-state index < -0.39 is 31.4 Å². The zero-order valence-electron chi connectivity index (χ0n) is 22.1. The monoisotopic (exact) mass is 599 g/mol. The van der Waals surface area contributed by atoms with E-state index in [4.69, 9.17) is 0 Å². The van der Waals surface area contributed by atoms with E-state index in [0.29, 0.717) is 23.5 Å². The summed E-state index contributed by atoms with van der Waals surface area (Å²) in [5.74, 6) is -0.281. The van der Waals surface area contributed by atoms with Gasteiger partial charge in [-0.15, -0.1) is 11.8 Å². The van der Waals surface area contributed by atoms with Crippen LogP contribution in [0, 0.1) is 10.1 Å². The summed E-state index contributed by atoms with van der Waals surface area (Å²) in [6, 6.07) is 31.2. The molecule has 5 aromatic rings. The first kappa shape index (κ1) is 28.6. The molecular formula is C30H25N5O5S2. The van der Waals surface area contributed by atoms with Crippen molar-refractivity contribution in [3.05, 3.63) is 131 Å². The van der Waals surface area contributed by atoms with Crippen molar-refractivity contribution in [3.63, 3.8) is 0 Å². The van der Waals surface area contributed by atoms with Crippen molar-refractivity contribution >= 4 is 39.1 Å². The number of benzene rings is 4. The van der Waals surface area contributed by atoms with E-state index in [1.807, 2.05) is 54.6 Å². The molecule has 1 aromatic heterocycles. The molecule has 0 fully saturated rings. The van der Waals surface area contributed by atoms with Gasteiger partial charge in [-0.1, -0.05) is 66.7 Å². The zero-order valence-corrected chi connectivity index (χ0v) is 23.7. The summed E-state index contributed by atoms with van der Waals surface area (Å²) < 4.78 is 30.0. The maximum atomic E-state index is 13.4. The quantitative estimate of drug-likeness (QED) is 0.0845. The lowest BCUT2D eigenvalue weighted by atomic mass is 10.1. The van der Waals surface area contributed by atoms with Crippen molar-refractivity contribution in [3.8, 4) is 16.9 Å². The van der Waals surface area contributed by atoms with Crippen LogP contribution >= 0.6 is 11.8 Å². The Balaban J connectivity index is 1.37. The Morgan fingerprint density at radius 1 is 0.905 bits per heavy atom. The minimum atomic E-state index is -4.47. The first-order valence-electron chi connectivity index (χ1n) is 12.8. The van der Waals surface area contributed by atoms with E-state index >= 15 is 0 Å². The molecule has 0 atom stereocenters. The number of carbonyl (C=O) groups is 1. The first-order chi connectivity index (χ1) is 20.3. The molecule has 0 unspecified atom stereocenters. The second-order valence-electron chi connectivity index (χ2n) is 9.00. The molecule has 0 bridgehead atoms. The van der Waals surface area contributed by atoms with Gasteiger partial charge in [-0.05, 0) is 36.4 Å². The van der Waals surface area contributed by atoms with Crippen LogP contribution in [0.5, 0.6) is 0 Å². The van der Waals surface area contributed by atoms with Crippen LogP contribution in [0.3, 0.4) is 0 Å². The highest BCUT2D eigenvalue weighted by atomic mass is 32.2. The molecule has 0 aliphatic heterocycles. The average molecular weight is 600 g/mol. The topological polar surface area (TPSA) is 136 Å². The molecule has 4 aromatic carbocycles. The third-order valence-electron chi connectivity index (χ3n) is 6.16. The summed E-state index contributed by atoms with van der Waals surface area (Å²) in [5.41, 5.74) is 1.36. The molecule has 1 heterocycles. The van der Waals surface area contributed by atoms with Crippen molar-refractivity contribution in [2.24, 2.45) is 0 Å². The number of nitro benzene ring substituents is 1. The second kappa shape index (κ2) is 12.7. The lowest BCUT2D eigenvalue weighted by Crippen LogP contribution is -2.30. The van der Waals surface area contributed by atoms with Gasteiger partial charge in [0.2, 0.25) is 0 Å². The largest absolute Gasteiger partial charge is 0.379 e. The molecule has 0 saturated heterocycles. The molecule has 0 aliphatic carbocycles. The second-order valence-corrected chi connectivity index (χ2v) is 11.8. The normalized spacial score (nSPS) is 11.1. The van der Waals surface area contributed by atoms with Crippen molar-refractivity contribution in [1.29, 1.82) is 0 Å². The number of aromatic nitrogens is 2. The third-order valence-corrected chi connectivity index (χ3v) is 8.50. The number of nitrogens with one attached hydrogen (secondary N) is 2. The van der Waals surface area contributed by atoms with E-state index in [1.54, 1.807) is 48.2 Å². The van der Waals surface area contributed by atoms with Crippen LogP contribution < -0.4 is 10.0 Å². The molecule has 0 radical (unpaired) electrons. The maximum absolute atomic E-state index is 13.4. The van der Waals surface area contributed by atoms with Gasteiger partial charge in [-0.3, -0.25) is 14.9 Å². The first-order valence-corrected chi connectivity index (χ1v) is 15.3.